The molecule has 108 valence electrons. The van der Waals surface area contributed by atoms with Crippen LogP contribution in [-0.2, 0) is 16.0 Å². The highest BCUT2D eigenvalue weighted by atomic mass is 16.5. The molecule has 1 aromatic heterocycles. The summed E-state index contributed by atoms with van der Waals surface area (Å²) in [6.07, 6.45) is -0.0119. The van der Waals surface area contributed by atoms with Gasteiger partial charge in [0.2, 0.25) is 0 Å². The van der Waals surface area contributed by atoms with Crippen molar-refractivity contribution in [1.82, 2.24) is 4.98 Å². The van der Waals surface area contributed by atoms with Crippen LogP contribution in [0.4, 0.5) is 5.82 Å². The monoisotopic (exact) mass is 275 g/mol. The van der Waals surface area contributed by atoms with Crippen molar-refractivity contribution in [2.24, 2.45) is 5.73 Å². The summed E-state index contributed by atoms with van der Waals surface area (Å²) in [4.78, 5) is 4.55. The van der Waals surface area contributed by atoms with E-state index >= 15 is 0 Å². The lowest BCUT2D eigenvalue weighted by atomic mass is 10.1. The fourth-order valence-corrected chi connectivity index (χ4v) is 2.10. The summed E-state index contributed by atoms with van der Waals surface area (Å²) < 4.78 is 10.5. The molecule has 1 atom stereocenters. The Morgan fingerprint density at radius 1 is 1.30 bits per heavy atom. The van der Waals surface area contributed by atoms with Crippen molar-refractivity contribution < 1.29 is 9.47 Å². The van der Waals surface area contributed by atoms with Gasteiger partial charge in [0.05, 0.1) is 18.4 Å². The van der Waals surface area contributed by atoms with E-state index in [2.05, 4.69) is 16.4 Å². The first-order valence-electron chi connectivity index (χ1n) is 6.62. The number of nitrogens with two attached hydrogens (primary N) is 1. The van der Waals surface area contributed by atoms with E-state index in [1.807, 2.05) is 24.3 Å². The van der Waals surface area contributed by atoms with Crippen LogP contribution in [0.2, 0.25) is 0 Å². The van der Waals surface area contributed by atoms with Crippen LogP contribution < -0.4 is 11.1 Å². The first-order valence-corrected chi connectivity index (χ1v) is 6.62. The van der Waals surface area contributed by atoms with E-state index in [0.29, 0.717) is 19.7 Å². The van der Waals surface area contributed by atoms with Gasteiger partial charge in [-0.05, 0) is 11.5 Å². The summed E-state index contributed by atoms with van der Waals surface area (Å²) in [6.45, 7) is 1.60. The van der Waals surface area contributed by atoms with Crippen molar-refractivity contribution in [2.75, 3.05) is 32.7 Å². The van der Waals surface area contributed by atoms with Crippen LogP contribution in [0.5, 0.6) is 0 Å². The normalized spacial score (nSPS) is 12.6. The van der Waals surface area contributed by atoms with Crippen molar-refractivity contribution in [1.29, 1.82) is 0 Å². The third-order valence-electron chi connectivity index (χ3n) is 3.19. The van der Waals surface area contributed by atoms with Crippen molar-refractivity contribution in [3.05, 3.63) is 36.0 Å². The molecule has 0 aliphatic carbocycles. The summed E-state index contributed by atoms with van der Waals surface area (Å²) in [7, 11) is 3.34. The Labute approximate surface area is 119 Å². The van der Waals surface area contributed by atoms with Crippen LogP contribution in [0.1, 0.15) is 5.69 Å². The number of nitrogens with one attached hydrogen (secondary N) is 1. The van der Waals surface area contributed by atoms with E-state index in [-0.39, 0.29) is 6.10 Å². The van der Waals surface area contributed by atoms with Gasteiger partial charge in [0.1, 0.15) is 5.82 Å². The van der Waals surface area contributed by atoms with Gasteiger partial charge in [-0.25, -0.2) is 4.98 Å². The van der Waals surface area contributed by atoms with Gasteiger partial charge in [-0.1, -0.05) is 24.3 Å². The number of ether oxygens (including phenoxy) is 2. The number of benzene rings is 1. The highest BCUT2D eigenvalue weighted by Gasteiger charge is 2.09. The van der Waals surface area contributed by atoms with Crippen molar-refractivity contribution in [2.45, 2.75) is 12.6 Å². The molecule has 0 amide bonds. The second-order valence-electron chi connectivity index (χ2n) is 4.58. The Hall–Kier alpha value is -1.69. The molecule has 0 aliphatic rings. The average molecular weight is 275 g/mol. The van der Waals surface area contributed by atoms with E-state index in [9.17, 15) is 0 Å². The van der Waals surface area contributed by atoms with Gasteiger partial charge in [-0.3, -0.25) is 0 Å². The maximum atomic E-state index is 5.70. The number of aromatic nitrogens is 1. The van der Waals surface area contributed by atoms with E-state index in [0.717, 1.165) is 22.3 Å². The average Bonchev–Trinajstić information content (AvgIpc) is 2.50. The van der Waals surface area contributed by atoms with Gasteiger partial charge in [-0.15, -0.1) is 0 Å². The van der Waals surface area contributed by atoms with Gasteiger partial charge in [-0.2, -0.15) is 0 Å². The van der Waals surface area contributed by atoms with E-state index in [1.54, 1.807) is 14.2 Å². The third-order valence-corrected chi connectivity index (χ3v) is 3.19. The molecular weight excluding hydrogens is 254 g/mol. The number of methoxy groups -OCH3 is 2. The first-order chi connectivity index (χ1) is 9.78. The second-order valence-corrected chi connectivity index (χ2v) is 4.58. The maximum Gasteiger partial charge on any atom is 0.134 e. The lowest BCUT2D eigenvalue weighted by molar-refractivity contribution is 0.0365. The number of anilines is 1. The summed E-state index contributed by atoms with van der Waals surface area (Å²) >= 11 is 0. The van der Waals surface area contributed by atoms with Crippen LogP contribution in [0.25, 0.3) is 10.8 Å². The van der Waals surface area contributed by atoms with Crippen molar-refractivity contribution in [3.8, 4) is 0 Å². The van der Waals surface area contributed by atoms with Crippen LogP contribution >= 0.6 is 0 Å². The number of pyridine rings is 1. The van der Waals surface area contributed by atoms with Crippen molar-refractivity contribution in [3.63, 3.8) is 0 Å². The molecule has 0 saturated heterocycles. The lowest BCUT2D eigenvalue weighted by Gasteiger charge is -2.17. The molecule has 5 nitrogen and oxygen atoms in total. The summed E-state index contributed by atoms with van der Waals surface area (Å²) in [6, 6.07) is 10.1. The van der Waals surface area contributed by atoms with Gasteiger partial charge in [0, 0.05) is 32.7 Å². The molecule has 0 aliphatic heterocycles. The number of nitrogens with zero attached hydrogens (tertiary/aromatic N) is 1. The first kappa shape index (κ1) is 14.7. The number of hydrogen-bond donors (Lipinski definition) is 2. The predicted molar refractivity (Wildman–Crippen MR) is 80.8 cm³/mol. The highest BCUT2D eigenvalue weighted by Crippen LogP contribution is 2.22. The molecule has 0 fully saturated rings. The Bertz CT molecular complexity index is 560. The van der Waals surface area contributed by atoms with Crippen LogP contribution in [0.15, 0.2) is 30.3 Å². The van der Waals surface area contributed by atoms with Gasteiger partial charge < -0.3 is 20.5 Å². The second kappa shape index (κ2) is 7.19. The number of fused-ring (bicyclic) bond motifs is 1. The zero-order chi connectivity index (χ0) is 14.4. The van der Waals surface area contributed by atoms with Crippen LogP contribution in [0.3, 0.4) is 0 Å². The summed E-state index contributed by atoms with van der Waals surface area (Å²) in [5, 5.41) is 5.54. The molecule has 1 unspecified atom stereocenters. The van der Waals surface area contributed by atoms with Gasteiger partial charge >= 0.3 is 0 Å². The largest absolute Gasteiger partial charge is 0.382 e. The molecule has 2 rings (SSSR count). The molecule has 20 heavy (non-hydrogen) atoms. The standard InChI is InChI=1S/C15H21N3O2/c1-19-10-13(20-2)9-17-15-14-6-4-3-5-11(14)7-12(8-16)18-15/h3-7,13H,8-10,16H2,1-2H3,(H,17,18). The highest BCUT2D eigenvalue weighted by molar-refractivity contribution is 5.92. The molecule has 0 saturated carbocycles. The number of rotatable bonds is 7. The van der Waals surface area contributed by atoms with Crippen molar-refractivity contribution >= 4 is 16.6 Å². The molecule has 0 radical (unpaired) electrons. The maximum absolute atomic E-state index is 5.70. The minimum atomic E-state index is -0.0119. The zero-order valence-electron chi connectivity index (χ0n) is 11.9. The minimum absolute atomic E-state index is 0.0119. The Kier molecular flexibility index (Phi) is 5.29. The summed E-state index contributed by atoms with van der Waals surface area (Å²) in [5.74, 6) is 0.835. The molecule has 0 bridgehead atoms. The fourth-order valence-electron chi connectivity index (χ4n) is 2.10. The van der Waals surface area contributed by atoms with E-state index in [1.165, 1.54) is 0 Å². The molecule has 3 N–H and O–H groups in total. The fraction of sp³-hybridized carbons (Fsp3) is 0.400. The SMILES string of the molecule is COCC(CNc1nc(CN)cc2ccccc12)OC. The van der Waals surface area contributed by atoms with Gasteiger partial charge in [0.15, 0.2) is 0 Å². The molecular formula is C15H21N3O2. The quantitative estimate of drug-likeness (QED) is 0.806. The zero-order valence-corrected chi connectivity index (χ0v) is 11.9. The molecule has 0 spiro atoms. The lowest BCUT2D eigenvalue weighted by Crippen LogP contribution is -2.27. The van der Waals surface area contributed by atoms with E-state index in [4.69, 9.17) is 15.2 Å². The topological polar surface area (TPSA) is 69.4 Å². The summed E-state index contributed by atoms with van der Waals surface area (Å²) in [5.41, 5.74) is 6.57. The molecule has 1 aromatic carbocycles. The minimum Gasteiger partial charge on any atom is -0.382 e. The molecule has 2 aromatic rings. The van der Waals surface area contributed by atoms with Crippen LogP contribution in [0, 0.1) is 0 Å². The van der Waals surface area contributed by atoms with Crippen LogP contribution in [-0.4, -0.2) is 38.5 Å². The van der Waals surface area contributed by atoms with E-state index < -0.39 is 0 Å². The molecule has 5 heteroatoms. The smallest absolute Gasteiger partial charge is 0.134 e. The Morgan fingerprint density at radius 2 is 2.10 bits per heavy atom. The third kappa shape index (κ3) is 3.45. The Balaban J connectivity index is 2.23. The molecule has 1 heterocycles. The number of hydrogen-bond acceptors (Lipinski definition) is 5. The van der Waals surface area contributed by atoms with Gasteiger partial charge in [0.25, 0.3) is 0 Å². The Morgan fingerprint density at radius 3 is 2.80 bits per heavy atom. The predicted octanol–water partition coefficient (Wildman–Crippen LogP) is 1.77.